The fourth-order valence-corrected chi connectivity index (χ4v) is 1.39. The van der Waals surface area contributed by atoms with Crippen molar-refractivity contribution in [3.05, 3.63) is 39.8 Å². The van der Waals surface area contributed by atoms with Crippen molar-refractivity contribution in [3.8, 4) is 5.88 Å². The molecule has 4 nitrogen and oxygen atoms in total. The molecular weight excluding hydrogens is 204 g/mol. The third-order valence-electron chi connectivity index (χ3n) is 1.84. The summed E-state index contributed by atoms with van der Waals surface area (Å²) in [6.07, 6.45) is 1.61. The lowest BCUT2D eigenvalue weighted by molar-refractivity contribution is 0.398. The van der Waals surface area contributed by atoms with Crippen LogP contribution in [0.1, 0.15) is 0 Å². The molecule has 2 rings (SSSR count). The molecule has 0 saturated carbocycles. The minimum Gasteiger partial charge on any atom is -0.480 e. The average molecular weight is 211 g/mol. The van der Waals surface area contributed by atoms with Gasteiger partial charge in [-0.05, 0) is 12.1 Å². The molecule has 2 aromatic rings. The molecule has 0 aliphatic heterocycles. The molecule has 72 valence electrons. The second-order valence-corrected chi connectivity index (χ2v) is 3.05. The van der Waals surface area contributed by atoms with Crippen LogP contribution in [0.25, 0.3) is 5.65 Å². The Kier molecular flexibility index (Phi) is 2.13. The van der Waals surface area contributed by atoms with Crippen LogP contribution >= 0.6 is 11.6 Å². The molecule has 0 aliphatic carbocycles. The number of hydrogen-bond donors (Lipinski definition) is 0. The smallest absolute Gasteiger partial charge is 0.280 e. The second-order valence-electron chi connectivity index (χ2n) is 2.67. The number of fused-ring (bicyclic) bond motifs is 1. The highest BCUT2D eigenvalue weighted by atomic mass is 35.5. The second kappa shape index (κ2) is 3.31. The number of hydrogen-bond acceptors (Lipinski definition) is 3. The molecule has 0 saturated heterocycles. The number of halogens is 1. The lowest BCUT2D eigenvalue weighted by Crippen LogP contribution is -2.15. The molecule has 0 atom stereocenters. The maximum absolute atomic E-state index is 11.6. The van der Waals surface area contributed by atoms with E-state index in [1.54, 1.807) is 24.4 Å². The van der Waals surface area contributed by atoms with Crippen molar-refractivity contribution in [2.45, 2.75) is 0 Å². The SMILES string of the molecule is COc1nc2ccccn2c(=O)c1Cl. The zero-order chi connectivity index (χ0) is 10.1. The third kappa shape index (κ3) is 1.24. The van der Waals surface area contributed by atoms with Gasteiger partial charge in [-0.3, -0.25) is 9.20 Å². The first-order chi connectivity index (χ1) is 6.74. The van der Waals surface area contributed by atoms with E-state index >= 15 is 0 Å². The van der Waals surface area contributed by atoms with E-state index in [9.17, 15) is 4.79 Å². The van der Waals surface area contributed by atoms with E-state index in [4.69, 9.17) is 16.3 Å². The van der Waals surface area contributed by atoms with Crippen LogP contribution in [0.5, 0.6) is 5.88 Å². The summed E-state index contributed by atoms with van der Waals surface area (Å²) < 4.78 is 6.24. The third-order valence-corrected chi connectivity index (χ3v) is 2.17. The first kappa shape index (κ1) is 9.02. The summed E-state index contributed by atoms with van der Waals surface area (Å²) in [7, 11) is 1.42. The lowest BCUT2D eigenvalue weighted by atomic mass is 10.4. The monoisotopic (exact) mass is 210 g/mol. The fourth-order valence-electron chi connectivity index (χ4n) is 1.18. The van der Waals surface area contributed by atoms with Crippen LogP contribution in [0.2, 0.25) is 5.02 Å². The van der Waals surface area contributed by atoms with E-state index in [-0.39, 0.29) is 16.5 Å². The van der Waals surface area contributed by atoms with Crippen LogP contribution in [0, 0.1) is 0 Å². The molecule has 2 aromatic heterocycles. The molecule has 0 amide bonds. The Morgan fingerprint density at radius 3 is 3.00 bits per heavy atom. The number of aromatic nitrogens is 2. The van der Waals surface area contributed by atoms with Crippen molar-refractivity contribution in [3.63, 3.8) is 0 Å². The molecule has 0 spiro atoms. The normalized spacial score (nSPS) is 10.4. The van der Waals surface area contributed by atoms with Crippen molar-refractivity contribution in [1.82, 2.24) is 9.38 Å². The minimum atomic E-state index is -0.325. The van der Waals surface area contributed by atoms with E-state index in [1.807, 2.05) is 0 Å². The van der Waals surface area contributed by atoms with E-state index in [0.717, 1.165) is 0 Å². The van der Waals surface area contributed by atoms with Crippen molar-refractivity contribution in [2.75, 3.05) is 7.11 Å². The van der Waals surface area contributed by atoms with Gasteiger partial charge in [0, 0.05) is 6.20 Å². The summed E-state index contributed by atoms with van der Waals surface area (Å²) in [5.74, 6) is 0.155. The predicted octanol–water partition coefficient (Wildman–Crippen LogP) is 1.36. The Labute approximate surface area is 84.7 Å². The molecule has 0 radical (unpaired) electrons. The fraction of sp³-hybridized carbons (Fsp3) is 0.111. The Hall–Kier alpha value is -1.55. The Morgan fingerprint density at radius 2 is 2.29 bits per heavy atom. The molecule has 5 heteroatoms. The first-order valence-electron chi connectivity index (χ1n) is 3.95. The molecule has 0 aromatic carbocycles. The van der Waals surface area contributed by atoms with E-state index in [1.165, 1.54) is 11.5 Å². The molecular formula is C9H7ClN2O2. The topological polar surface area (TPSA) is 43.6 Å². The van der Waals surface area contributed by atoms with Gasteiger partial charge in [-0.2, -0.15) is 4.98 Å². The van der Waals surface area contributed by atoms with E-state index in [2.05, 4.69) is 4.98 Å². The first-order valence-corrected chi connectivity index (χ1v) is 4.32. The quantitative estimate of drug-likeness (QED) is 0.714. The molecule has 14 heavy (non-hydrogen) atoms. The molecule has 0 N–H and O–H groups in total. The Bertz CT molecular complexity index is 536. The minimum absolute atomic E-state index is 0.00352. The maximum Gasteiger partial charge on any atom is 0.280 e. The van der Waals surface area contributed by atoms with Gasteiger partial charge in [-0.1, -0.05) is 17.7 Å². The summed E-state index contributed by atoms with van der Waals surface area (Å²) in [5.41, 5.74) is 0.188. The number of ether oxygens (including phenoxy) is 1. The van der Waals surface area contributed by atoms with E-state index in [0.29, 0.717) is 5.65 Å². The van der Waals surface area contributed by atoms with Gasteiger partial charge in [0.15, 0.2) is 5.02 Å². The van der Waals surface area contributed by atoms with Gasteiger partial charge >= 0.3 is 0 Å². The molecule has 2 heterocycles. The van der Waals surface area contributed by atoms with Gasteiger partial charge in [0.25, 0.3) is 5.56 Å². The van der Waals surface area contributed by atoms with Gasteiger partial charge in [-0.15, -0.1) is 0 Å². The Morgan fingerprint density at radius 1 is 1.50 bits per heavy atom. The highest BCUT2D eigenvalue weighted by Gasteiger charge is 2.09. The van der Waals surface area contributed by atoms with Crippen molar-refractivity contribution < 1.29 is 4.74 Å². The van der Waals surface area contributed by atoms with Gasteiger partial charge in [0.1, 0.15) is 5.65 Å². The largest absolute Gasteiger partial charge is 0.480 e. The lowest BCUT2D eigenvalue weighted by Gasteiger charge is -2.03. The summed E-state index contributed by atoms with van der Waals surface area (Å²) in [4.78, 5) is 15.7. The highest BCUT2D eigenvalue weighted by molar-refractivity contribution is 6.31. The summed E-state index contributed by atoms with van der Waals surface area (Å²) in [6, 6.07) is 5.23. The van der Waals surface area contributed by atoms with Gasteiger partial charge in [-0.25, -0.2) is 0 Å². The van der Waals surface area contributed by atoms with E-state index < -0.39 is 0 Å². The standard InChI is InChI=1S/C9H7ClN2O2/c1-14-8-7(10)9(13)12-5-3-2-4-6(12)11-8/h2-5H,1H3. The average Bonchev–Trinajstić information content (AvgIpc) is 2.23. The summed E-state index contributed by atoms with van der Waals surface area (Å²) in [5, 5.41) is -0.00352. The summed E-state index contributed by atoms with van der Waals surface area (Å²) in [6.45, 7) is 0. The van der Waals surface area contributed by atoms with Crippen LogP contribution in [0.3, 0.4) is 0 Å². The Balaban J connectivity index is 2.92. The maximum atomic E-state index is 11.6. The zero-order valence-electron chi connectivity index (χ0n) is 7.40. The van der Waals surface area contributed by atoms with Gasteiger partial charge < -0.3 is 4.74 Å². The van der Waals surface area contributed by atoms with Crippen LogP contribution in [-0.4, -0.2) is 16.5 Å². The highest BCUT2D eigenvalue weighted by Crippen LogP contribution is 2.16. The van der Waals surface area contributed by atoms with Gasteiger partial charge in [0.05, 0.1) is 7.11 Å². The molecule has 0 aliphatic rings. The van der Waals surface area contributed by atoms with Crippen LogP contribution in [-0.2, 0) is 0 Å². The van der Waals surface area contributed by atoms with Crippen molar-refractivity contribution in [2.24, 2.45) is 0 Å². The number of pyridine rings is 1. The van der Waals surface area contributed by atoms with Crippen LogP contribution in [0.15, 0.2) is 29.2 Å². The zero-order valence-corrected chi connectivity index (χ0v) is 8.15. The van der Waals surface area contributed by atoms with Crippen molar-refractivity contribution in [1.29, 1.82) is 0 Å². The molecule has 0 unspecified atom stereocenters. The van der Waals surface area contributed by atoms with Gasteiger partial charge in [0.2, 0.25) is 5.88 Å². The summed E-state index contributed by atoms with van der Waals surface area (Å²) >= 11 is 5.75. The number of nitrogens with zero attached hydrogens (tertiary/aromatic N) is 2. The van der Waals surface area contributed by atoms with Crippen molar-refractivity contribution >= 4 is 17.2 Å². The number of rotatable bonds is 1. The predicted molar refractivity (Wildman–Crippen MR) is 53.0 cm³/mol. The number of methoxy groups -OCH3 is 1. The molecule has 0 fully saturated rings. The van der Waals surface area contributed by atoms with Crippen LogP contribution in [0.4, 0.5) is 0 Å². The molecule has 0 bridgehead atoms. The van der Waals surface area contributed by atoms with Crippen LogP contribution < -0.4 is 10.3 Å².